The summed E-state index contributed by atoms with van der Waals surface area (Å²) in [5, 5.41) is 6.85. The van der Waals surface area contributed by atoms with Crippen molar-refractivity contribution in [2.24, 2.45) is 0 Å². The van der Waals surface area contributed by atoms with E-state index in [4.69, 9.17) is 27.9 Å². The maximum absolute atomic E-state index is 12.2. The predicted octanol–water partition coefficient (Wildman–Crippen LogP) is 5.67. The first-order chi connectivity index (χ1) is 13.6. The molecule has 0 saturated carbocycles. The van der Waals surface area contributed by atoms with Crippen molar-refractivity contribution in [2.75, 3.05) is 23.8 Å². The lowest BCUT2D eigenvalue weighted by Gasteiger charge is -2.11. The first-order valence-electron chi connectivity index (χ1n) is 8.86. The van der Waals surface area contributed by atoms with Crippen molar-refractivity contribution in [1.29, 1.82) is 0 Å². The highest BCUT2D eigenvalue weighted by molar-refractivity contribution is 6.36. The van der Waals surface area contributed by atoms with Crippen molar-refractivity contribution >= 4 is 40.5 Å². The Morgan fingerprint density at radius 2 is 1.75 bits per heavy atom. The number of hydrogen-bond donors (Lipinski definition) is 2. The molecule has 2 N–H and O–H groups in total. The number of carbonyl (C=O) groups is 1. The van der Waals surface area contributed by atoms with Crippen molar-refractivity contribution < 1.29 is 9.53 Å². The lowest BCUT2D eigenvalue weighted by molar-refractivity contribution is -0.114. The Kier molecular flexibility index (Phi) is 7.18. The molecule has 144 valence electrons. The molecule has 0 unspecified atom stereocenters. The van der Waals surface area contributed by atoms with Gasteiger partial charge in [0.1, 0.15) is 5.75 Å². The zero-order valence-electron chi connectivity index (χ0n) is 15.1. The number of hydrogen-bond acceptors (Lipinski definition) is 3. The summed E-state index contributed by atoms with van der Waals surface area (Å²) in [6.45, 7) is 0.651. The van der Waals surface area contributed by atoms with Gasteiger partial charge in [-0.2, -0.15) is 0 Å². The molecule has 4 nitrogen and oxygen atoms in total. The first kappa shape index (κ1) is 20.1. The van der Waals surface area contributed by atoms with Crippen LogP contribution in [0, 0.1) is 0 Å². The van der Waals surface area contributed by atoms with Crippen LogP contribution in [0.25, 0.3) is 0 Å². The summed E-state index contributed by atoms with van der Waals surface area (Å²) in [5.41, 5.74) is 2.55. The molecule has 3 rings (SSSR count). The van der Waals surface area contributed by atoms with Gasteiger partial charge in [-0.15, -0.1) is 0 Å². The van der Waals surface area contributed by atoms with Crippen LogP contribution < -0.4 is 15.4 Å². The van der Waals surface area contributed by atoms with Crippen LogP contribution in [0.1, 0.15) is 5.56 Å². The van der Waals surface area contributed by atoms with Crippen LogP contribution in [-0.4, -0.2) is 19.1 Å². The lowest BCUT2D eigenvalue weighted by Crippen LogP contribution is -2.21. The van der Waals surface area contributed by atoms with Crippen LogP contribution in [0.3, 0.4) is 0 Å². The van der Waals surface area contributed by atoms with Crippen molar-refractivity contribution in [2.45, 2.75) is 6.42 Å². The van der Waals surface area contributed by atoms with Gasteiger partial charge in [-0.05, 0) is 35.9 Å². The summed E-state index contributed by atoms with van der Waals surface area (Å²) in [5.74, 6) is 0.523. The van der Waals surface area contributed by atoms with Gasteiger partial charge >= 0.3 is 0 Å². The Morgan fingerprint density at radius 1 is 0.929 bits per heavy atom. The zero-order valence-corrected chi connectivity index (χ0v) is 16.6. The molecule has 0 aromatic heterocycles. The molecule has 3 aromatic rings. The van der Waals surface area contributed by atoms with Crippen LogP contribution in [0.2, 0.25) is 10.0 Å². The van der Waals surface area contributed by atoms with E-state index in [9.17, 15) is 4.79 Å². The molecule has 0 atom stereocenters. The number of nitrogens with one attached hydrogen (secondary N) is 2. The van der Waals surface area contributed by atoms with E-state index in [2.05, 4.69) is 22.8 Å². The van der Waals surface area contributed by atoms with Gasteiger partial charge in [0, 0.05) is 23.2 Å². The van der Waals surface area contributed by atoms with Crippen molar-refractivity contribution in [3.05, 3.63) is 88.4 Å². The average Bonchev–Trinajstić information content (AvgIpc) is 2.68. The highest BCUT2D eigenvalue weighted by atomic mass is 35.5. The van der Waals surface area contributed by atoms with E-state index < -0.39 is 0 Å². The van der Waals surface area contributed by atoms with Crippen LogP contribution in [-0.2, 0) is 11.2 Å². The fourth-order valence-electron chi connectivity index (χ4n) is 2.61. The van der Waals surface area contributed by atoms with Crippen LogP contribution in [0.5, 0.6) is 5.75 Å². The fraction of sp³-hybridized carbons (Fsp3) is 0.136. The van der Waals surface area contributed by atoms with Gasteiger partial charge in [0.05, 0.1) is 23.9 Å². The van der Waals surface area contributed by atoms with E-state index in [1.54, 1.807) is 24.3 Å². The van der Waals surface area contributed by atoms with E-state index in [0.717, 1.165) is 6.42 Å². The molecular formula is C22H20Cl2N2O2. The first-order valence-corrected chi connectivity index (χ1v) is 9.61. The molecule has 0 saturated heterocycles. The molecular weight excluding hydrogens is 395 g/mol. The second-order valence-corrected chi connectivity index (χ2v) is 6.98. The number of amides is 1. The summed E-state index contributed by atoms with van der Waals surface area (Å²) < 4.78 is 5.79. The van der Waals surface area contributed by atoms with Crippen molar-refractivity contribution in [3.63, 3.8) is 0 Å². The fourth-order valence-corrected chi connectivity index (χ4v) is 3.08. The second-order valence-electron chi connectivity index (χ2n) is 6.14. The van der Waals surface area contributed by atoms with Gasteiger partial charge in [-0.3, -0.25) is 4.79 Å². The third kappa shape index (κ3) is 6.19. The second kappa shape index (κ2) is 10.0. The molecule has 0 aliphatic rings. The summed E-state index contributed by atoms with van der Waals surface area (Å²) in [6.07, 6.45) is 0.823. The quantitative estimate of drug-likeness (QED) is 0.499. The number of ether oxygens (including phenoxy) is 1. The standard InChI is InChI=1S/C22H20Cl2N2O2/c23-17-9-10-21(20(24)13-17)25-15-22(27)26-18-7-4-8-19(14-18)28-12-11-16-5-2-1-3-6-16/h1-10,13-14,25H,11-12,15H2,(H,26,27). The lowest BCUT2D eigenvalue weighted by atomic mass is 10.2. The van der Waals surface area contributed by atoms with E-state index in [0.29, 0.717) is 33.8 Å². The minimum absolute atomic E-state index is 0.0838. The van der Waals surface area contributed by atoms with Gasteiger partial charge in [0.15, 0.2) is 0 Å². The van der Waals surface area contributed by atoms with E-state index >= 15 is 0 Å². The zero-order chi connectivity index (χ0) is 19.8. The maximum atomic E-state index is 12.2. The van der Waals surface area contributed by atoms with Crippen LogP contribution in [0.15, 0.2) is 72.8 Å². The predicted molar refractivity (Wildman–Crippen MR) is 116 cm³/mol. The SMILES string of the molecule is O=C(CNc1ccc(Cl)cc1Cl)Nc1cccc(OCCc2ccccc2)c1. The smallest absolute Gasteiger partial charge is 0.243 e. The monoisotopic (exact) mass is 414 g/mol. The summed E-state index contributed by atoms with van der Waals surface area (Å²) in [6, 6.07) is 22.6. The molecule has 0 bridgehead atoms. The Morgan fingerprint density at radius 3 is 2.54 bits per heavy atom. The van der Waals surface area contributed by atoms with Gasteiger partial charge in [-0.1, -0.05) is 59.6 Å². The molecule has 0 aliphatic heterocycles. The molecule has 0 fully saturated rings. The minimum Gasteiger partial charge on any atom is -0.493 e. The Labute approximate surface area is 174 Å². The Balaban J connectivity index is 1.48. The third-order valence-electron chi connectivity index (χ3n) is 3.99. The molecule has 6 heteroatoms. The molecule has 0 spiro atoms. The number of benzene rings is 3. The van der Waals surface area contributed by atoms with E-state index in [-0.39, 0.29) is 12.5 Å². The number of carbonyl (C=O) groups excluding carboxylic acids is 1. The highest BCUT2D eigenvalue weighted by Crippen LogP contribution is 2.25. The molecule has 28 heavy (non-hydrogen) atoms. The van der Waals surface area contributed by atoms with Gasteiger partial charge < -0.3 is 15.4 Å². The van der Waals surface area contributed by atoms with Crippen LogP contribution >= 0.6 is 23.2 Å². The van der Waals surface area contributed by atoms with Crippen molar-refractivity contribution in [3.8, 4) is 5.75 Å². The normalized spacial score (nSPS) is 10.4. The minimum atomic E-state index is -0.188. The van der Waals surface area contributed by atoms with Gasteiger partial charge in [0.25, 0.3) is 0 Å². The molecule has 0 radical (unpaired) electrons. The number of rotatable bonds is 8. The topological polar surface area (TPSA) is 50.4 Å². The Hall–Kier alpha value is -2.69. The van der Waals surface area contributed by atoms with Gasteiger partial charge in [0.2, 0.25) is 5.91 Å². The molecule has 0 aliphatic carbocycles. The van der Waals surface area contributed by atoms with E-state index in [1.165, 1.54) is 5.56 Å². The molecule has 0 heterocycles. The third-order valence-corrected chi connectivity index (χ3v) is 4.54. The number of halogens is 2. The Bertz CT molecular complexity index is 933. The molecule has 1 amide bonds. The van der Waals surface area contributed by atoms with Crippen molar-refractivity contribution in [1.82, 2.24) is 0 Å². The van der Waals surface area contributed by atoms with Gasteiger partial charge in [-0.25, -0.2) is 0 Å². The highest BCUT2D eigenvalue weighted by Gasteiger charge is 2.06. The van der Waals surface area contributed by atoms with Crippen LogP contribution in [0.4, 0.5) is 11.4 Å². The average molecular weight is 415 g/mol. The summed E-state index contributed by atoms with van der Waals surface area (Å²) in [4.78, 5) is 12.2. The van der Waals surface area contributed by atoms with E-state index in [1.807, 2.05) is 36.4 Å². The number of anilines is 2. The maximum Gasteiger partial charge on any atom is 0.243 e. The molecule has 3 aromatic carbocycles. The largest absolute Gasteiger partial charge is 0.493 e. The summed E-state index contributed by atoms with van der Waals surface area (Å²) in [7, 11) is 0. The summed E-state index contributed by atoms with van der Waals surface area (Å²) >= 11 is 12.0.